The van der Waals surface area contributed by atoms with Crippen LogP contribution in [0.2, 0.25) is 0 Å². The second kappa shape index (κ2) is 4.94. The molecule has 0 saturated carbocycles. The second-order valence-corrected chi connectivity index (χ2v) is 4.11. The third-order valence-corrected chi connectivity index (χ3v) is 2.11. The molecule has 78 valence electrons. The van der Waals surface area contributed by atoms with Crippen molar-refractivity contribution in [1.29, 1.82) is 0 Å². The minimum Gasteiger partial charge on any atom is -0.473 e. The lowest BCUT2D eigenvalue weighted by atomic mass is 9.96. The Morgan fingerprint density at radius 2 is 1.71 bits per heavy atom. The Kier molecular flexibility index (Phi) is 3.86. The van der Waals surface area contributed by atoms with Gasteiger partial charge in [0.05, 0.1) is 6.20 Å². The van der Waals surface area contributed by atoms with Gasteiger partial charge < -0.3 is 4.74 Å². The zero-order valence-corrected chi connectivity index (χ0v) is 9.27. The van der Waals surface area contributed by atoms with E-state index in [2.05, 4.69) is 37.7 Å². The van der Waals surface area contributed by atoms with Crippen molar-refractivity contribution in [3.05, 3.63) is 18.6 Å². The van der Waals surface area contributed by atoms with Gasteiger partial charge in [0.2, 0.25) is 5.88 Å². The van der Waals surface area contributed by atoms with Crippen molar-refractivity contribution in [2.24, 2.45) is 11.8 Å². The first-order valence-electron chi connectivity index (χ1n) is 5.04. The van der Waals surface area contributed by atoms with Gasteiger partial charge in [0.15, 0.2) is 0 Å². The molecule has 1 rings (SSSR count). The van der Waals surface area contributed by atoms with Crippen molar-refractivity contribution in [2.45, 2.75) is 33.8 Å². The minimum atomic E-state index is 0.201. The van der Waals surface area contributed by atoms with E-state index in [9.17, 15) is 0 Å². The highest BCUT2D eigenvalue weighted by Gasteiger charge is 2.19. The van der Waals surface area contributed by atoms with Gasteiger partial charge in [-0.25, -0.2) is 4.98 Å². The van der Waals surface area contributed by atoms with Crippen LogP contribution in [0.15, 0.2) is 18.6 Å². The summed E-state index contributed by atoms with van der Waals surface area (Å²) in [4.78, 5) is 8.07. The highest BCUT2D eigenvalue weighted by atomic mass is 16.5. The number of ether oxygens (including phenoxy) is 1. The van der Waals surface area contributed by atoms with Crippen molar-refractivity contribution in [3.63, 3.8) is 0 Å². The van der Waals surface area contributed by atoms with Crippen LogP contribution in [-0.2, 0) is 0 Å². The van der Waals surface area contributed by atoms with Crippen molar-refractivity contribution < 1.29 is 4.74 Å². The number of rotatable bonds is 4. The second-order valence-electron chi connectivity index (χ2n) is 4.11. The number of nitrogens with zero attached hydrogens (tertiary/aromatic N) is 2. The third kappa shape index (κ3) is 2.98. The highest BCUT2D eigenvalue weighted by molar-refractivity contribution is 5.02. The molecule has 0 fully saturated rings. The maximum Gasteiger partial charge on any atom is 0.232 e. The predicted octanol–water partition coefficient (Wildman–Crippen LogP) is 2.54. The van der Waals surface area contributed by atoms with E-state index in [0.29, 0.717) is 17.7 Å². The fourth-order valence-electron chi connectivity index (χ4n) is 1.53. The Balaban J connectivity index is 2.65. The van der Waals surface area contributed by atoms with Gasteiger partial charge in [-0.3, -0.25) is 4.98 Å². The average Bonchev–Trinajstić information content (AvgIpc) is 2.15. The van der Waals surface area contributed by atoms with Crippen LogP contribution in [-0.4, -0.2) is 16.1 Å². The normalized spacial score (nSPS) is 11.4. The van der Waals surface area contributed by atoms with E-state index in [1.165, 1.54) is 0 Å². The maximum atomic E-state index is 5.76. The lowest BCUT2D eigenvalue weighted by Gasteiger charge is -2.25. The zero-order valence-electron chi connectivity index (χ0n) is 9.27. The summed E-state index contributed by atoms with van der Waals surface area (Å²) in [7, 11) is 0. The van der Waals surface area contributed by atoms with Gasteiger partial charge in [0.25, 0.3) is 0 Å². The van der Waals surface area contributed by atoms with Gasteiger partial charge in [0.1, 0.15) is 6.10 Å². The van der Waals surface area contributed by atoms with E-state index in [1.807, 2.05) is 0 Å². The van der Waals surface area contributed by atoms with Crippen LogP contribution < -0.4 is 4.74 Å². The number of hydrogen-bond acceptors (Lipinski definition) is 3. The quantitative estimate of drug-likeness (QED) is 0.738. The molecule has 1 aromatic heterocycles. The standard InChI is InChI=1S/C11H18N2O/c1-8(2)11(9(3)4)14-10-7-12-5-6-13-10/h5-9,11H,1-4H3. The molecule has 1 aromatic rings. The molecule has 14 heavy (non-hydrogen) atoms. The van der Waals surface area contributed by atoms with Crippen LogP contribution in [0, 0.1) is 11.8 Å². The molecule has 0 aliphatic heterocycles. The van der Waals surface area contributed by atoms with E-state index >= 15 is 0 Å². The van der Waals surface area contributed by atoms with Crippen LogP contribution in [0.1, 0.15) is 27.7 Å². The smallest absolute Gasteiger partial charge is 0.232 e. The molecule has 0 N–H and O–H groups in total. The van der Waals surface area contributed by atoms with Crippen LogP contribution in [0.3, 0.4) is 0 Å². The number of hydrogen-bond donors (Lipinski definition) is 0. The first-order valence-corrected chi connectivity index (χ1v) is 5.04. The molecule has 0 aliphatic rings. The summed E-state index contributed by atoms with van der Waals surface area (Å²) in [5.74, 6) is 1.58. The Labute approximate surface area is 85.5 Å². The summed E-state index contributed by atoms with van der Waals surface area (Å²) in [6, 6.07) is 0. The van der Waals surface area contributed by atoms with Gasteiger partial charge in [-0.1, -0.05) is 27.7 Å². The summed E-state index contributed by atoms with van der Waals surface area (Å²) < 4.78 is 5.76. The molecule has 0 saturated heterocycles. The van der Waals surface area contributed by atoms with Crippen LogP contribution in [0.5, 0.6) is 5.88 Å². The van der Waals surface area contributed by atoms with Crippen molar-refractivity contribution >= 4 is 0 Å². The highest BCUT2D eigenvalue weighted by Crippen LogP contribution is 2.18. The molecule has 3 heteroatoms. The fraction of sp³-hybridized carbons (Fsp3) is 0.636. The van der Waals surface area contributed by atoms with Crippen LogP contribution in [0.4, 0.5) is 0 Å². The molecule has 0 unspecified atom stereocenters. The van der Waals surface area contributed by atoms with Crippen molar-refractivity contribution in [2.75, 3.05) is 0 Å². The lowest BCUT2D eigenvalue weighted by Crippen LogP contribution is -2.29. The Hall–Kier alpha value is -1.12. The zero-order chi connectivity index (χ0) is 10.6. The van der Waals surface area contributed by atoms with Crippen LogP contribution >= 0.6 is 0 Å². The van der Waals surface area contributed by atoms with Crippen LogP contribution in [0.25, 0.3) is 0 Å². The molecular weight excluding hydrogens is 176 g/mol. The Morgan fingerprint density at radius 1 is 1.07 bits per heavy atom. The molecule has 3 nitrogen and oxygen atoms in total. The molecule has 0 amide bonds. The Morgan fingerprint density at radius 3 is 2.14 bits per heavy atom. The largest absolute Gasteiger partial charge is 0.473 e. The van der Waals surface area contributed by atoms with E-state index in [4.69, 9.17) is 4.74 Å². The third-order valence-electron chi connectivity index (χ3n) is 2.11. The Bertz CT molecular complexity index is 251. The summed E-state index contributed by atoms with van der Waals surface area (Å²) in [6.07, 6.45) is 5.14. The number of aromatic nitrogens is 2. The van der Waals surface area contributed by atoms with Crippen molar-refractivity contribution in [1.82, 2.24) is 9.97 Å². The summed E-state index contributed by atoms with van der Waals surface area (Å²) in [5, 5.41) is 0. The topological polar surface area (TPSA) is 35.0 Å². The predicted molar refractivity (Wildman–Crippen MR) is 56.1 cm³/mol. The molecule has 0 atom stereocenters. The molecule has 0 aromatic carbocycles. The van der Waals surface area contributed by atoms with Gasteiger partial charge in [-0.05, 0) is 11.8 Å². The fourth-order valence-corrected chi connectivity index (χ4v) is 1.53. The van der Waals surface area contributed by atoms with E-state index < -0.39 is 0 Å². The maximum absolute atomic E-state index is 5.76. The monoisotopic (exact) mass is 194 g/mol. The molecule has 0 radical (unpaired) electrons. The summed E-state index contributed by atoms with van der Waals surface area (Å²) in [6.45, 7) is 8.62. The van der Waals surface area contributed by atoms with Gasteiger partial charge in [-0.15, -0.1) is 0 Å². The average molecular weight is 194 g/mol. The van der Waals surface area contributed by atoms with Gasteiger partial charge in [0, 0.05) is 12.4 Å². The molecule has 0 spiro atoms. The lowest BCUT2D eigenvalue weighted by molar-refractivity contribution is 0.0992. The molecule has 1 heterocycles. The van der Waals surface area contributed by atoms with Crippen molar-refractivity contribution in [3.8, 4) is 5.88 Å². The molecule has 0 bridgehead atoms. The summed E-state index contributed by atoms with van der Waals surface area (Å²) in [5.41, 5.74) is 0. The van der Waals surface area contributed by atoms with E-state index in [-0.39, 0.29) is 6.10 Å². The molecular formula is C11H18N2O. The summed E-state index contributed by atoms with van der Waals surface area (Å²) >= 11 is 0. The SMILES string of the molecule is CC(C)C(Oc1cnccn1)C(C)C. The van der Waals surface area contributed by atoms with Gasteiger partial charge >= 0.3 is 0 Å². The van der Waals surface area contributed by atoms with Gasteiger partial charge in [-0.2, -0.15) is 0 Å². The first kappa shape index (κ1) is 11.0. The molecule has 0 aliphatic carbocycles. The van der Waals surface area contributed by atoms with E-state index in [0.717, 1.165) is 0 Å². The van der Waals surface area contributed by atoms with E-state index in [1.54, 1.807) is 18.6 Å². The first-order chi connectivity index (χ1) is 6.61. The minimum absolute atomic E-state index is 0.201.